The fraction of sp³-hybridized carbons (Fsp3) is 0.300. The number of piperidine rings is 1. The maximum absolute atomic E-state index is 12.6. The monoisotopic (exact) mass is 364 g/mol. The van der Waals surface area contributed by atoms with Crippen LogP contribution in [0.5, 0.6) is 0 Å². The van der Waals surface area contributed by atoms with Crippen molar-refractivity contribution in [3.05, 3.63) is 82.2 Å². The van der Waals surface area contributed by atoms with Crippen LogP contribution < -0.4 is 0 Å². The summed E-state index contributed by atoms with van der Waals surface area (Å²) in [7, 11) is 0. The van der Waals surface area contributed by atoms with Crippen molar-refractivity contribution in [1.82, 2.24) is 4.90 Å². The first-order valence-corrected chi connectivity index (χ1v) is 8.76. The summed E-state index contributed by atoms with van der Waals surface area (Å²) >= 11 is 0. The molecule has 0 aliphatic carbocycles. The largest absolute Gasteiger partial charge is 0.445 e. The fourth-order valence-corrected chi connectivity index (χ4v) is 3.40. The van der Waals surface area contributed by atoms with Gasteiger partial charge in [-0.3, -0.25) is 4.79 Å². The van der Waals surface area contributed by atoms with E-state index in [9.17, 15) is 9.59 Å². The lowest BCUT2D eigenvalue weighted by atomic mass is 9.72. The van der Waals surface area contributed by atoms with Crippen molar-refractivity contribution in [3.63, 3.8) is 0 Å². The number of rotatable bonds is 4. The minimum atomic E-state index is -0.899. The van der Waals surface area contributed by atoms with Gasteiger partial charge in [0.15, 0.2) is 0 Å². The van der Waals surface area contributed by atoms with Gasteiger partial charge in [-0.15, -0.1) is 0 Å². The topological polar surface area (TPSA) is 95.4 Å². The zero-order valence-corrected chi connectivity index (χ0v) is 14.8. The molecule has 0 saturated carbocycles. The van der Waals surface area contributed by atoms with Crippen LogP contribution in [0.4, 0.5) is 4.79 Å². The molecule has 1 saturated heterocycles. The summed E-state index contributed by atoms with van der Waals surface area (Å²) in [6, 6.07) is 18.7. The highest BCUT2D eigenvalue weighted by Gasteiger charge is 2.43. The van der Waals surface area contributed by atoms with Crippen molar-refractivity contribution in [3.8, 4) is 0 Å². The first-order chi connectivity index (χ1) is 13.2. The van der Waals surface area contributed by atoms with E-state index in [-0.39, 0.29) is 6.61 Å². The molecule has 2 aromatic carbocycles. The smallest absolute Gasteiger partial charge is 0.410 e. The SMILES string of the molecule is [N-]=[N+]=NC(=O)C1(c2ccccc2)CCN(C(=O)OCc2ccccc2)CC1. The third kappa shape index (κ3) is 4.10. The second kappa shape index (κ2) is 8.38. The molecule has 3 rings (SSSR count). The third-order valence-electron chi connectivity index (χ3n) is 4.95. The minimum Gasteiger partial charge on any atom is -0.445 e. The molecule has 7 heteroatoms. The van der Waals surface area contributed by atoms with Gasteiger partial charge in [0.05, 0.1) is 5.41 Å². The molecule has 1 fully saturated rings. The zero-order valence-electron chi connectivity index (χ0n) is 14.8. The Hall–Kier alpha value is -3.31. The van der Waals surface area contributed by atoms with E-state index < -0.39 is 17.4 Å². The minimum absolute atomic E-state index is 0.206. The Kier molecular flexibility index (Phi) is 5.74. The molecule has 0 bridgehead atoms. The lowest BCUT2D eigenvalue weighted by molar-refractivity contribution is -0.125. The van der Waals surface area contributed by atoms with E-state index in [0.717, 1.165) is 11.1 Å². The maximum Gasteiger partial charge on any atom is 0.410 e. The van der Waals surface area contributed by atoms with Crippen molar-refractivity contribution in [2.75, 3.05) is 13.1 Å². The number of carbonyl (C=O) groups excluding carboxylic acids is 2. The predicted molar refractivity (Wildman–Crippen MR) is 99.7 cm³/mol. The lowest BCUT2D eigenvalue weighted by Crippen LogP contribution is -2.48. The van der Waals surface area contributed by atoms with Crippen LogP contribution in [-0.2, 0) is 21.6 Å². The van der Waals surface area contributed by atoms with Crippen molar-refractivity contribution in [2.45, 2.75) is 24.9 Å². The Balaban J connectivity index is 1.68. The van der Waals surface area contributed by atoms with Gasteiger partial charge < -0.3 is 9.64 Å². The number of benzene rings is 2. The molecular weight excluding hydrogens is 344 g/mol. The second-order valence-corrected chi connectivity index (χ2v) is 6.47. The van der Waals surface area contributed by atoms with Gasteiger partial charge in [0.25, 0.3) is 0 Å². The van der Waals surface area contributed by atoms with E-state index >= 15 is 0 Å². The molecule has 0 spiro atoms. The van der Waals surface area contributed by atoms with Gasteiger partial charge in [0, 0.05) is 18.0 Å². The lowest BCUT2D eigenvalue weighted by Gasteiger charge is -2.39. The number of hydrogen-bond acceptors (Lipinski definition) is 3. The third-order valence-corrected chi connectivity index (χ3v) is 4.95. The number of likely N-dealkylation sites (tertiary alicyclic amines) is 1. The summed E-state index contributed by atoms with van der Waals surface area (Å²) in [5, 5.41) is 3.35. The van der Waals surface area contributed by atoms with Crippen LogP contribution in [-0.4, -0.2) is 30.0 Å². The Bertz CT molecular complexity index is 840. The van der Waals surface area contributed by atoms with Crippen molar-refractivity contribution in [2.24, 2.45) is 5.11 Å². The van der Waals surface area contributed by atoms with E-state index in [1.807, 2.05) is 60.7 Å². The predicted octanol–water partition coefficient (Wildman–Crippen LogP) is 4.19. The molecule has 0 N–H and O–H groups in total. The van der Waals surface area contributed by atoms with Crippen LogP contribution in [0.2, 0.25) is 0 Å². The zero-order chi connectivity index (χ0) is 19.1. The van der Waals surface area contributed by atoms with Gasteiger partial charge >= 0.3 is 6.09 Å². The molecule has 2 aromatic rings. The average molecular weight is 364 g/mol. The Labute approximate surface area is 157 Å². The molecular formula is C20H20N4O3. The fourth-order valence-electron chi connectivity index (χ4n) is 3.40. The summed E-state index contributed by atoms with van der Waals surface area (Å²) in [4.78, 5) is 29.2. The molecule has 1 aliphatic rings. The molecule has 138 valence electrons. The summed E-state index contributed by atoms with van der Waals surface area (Å²) in [6.45, 7) is 0.919. The second-order valence-electron chi connectivity index (χ2n) is 6.47. The number of ether oxygens (including phenoxy) is 1. The van der Waals surface area contributed by atoms with Crippen LogP contribution in [0.25, 0.3) is 10.4 Å². The standard InChI is InChI=1S/C20H20N4O3/c21-23-22-18(25)20(17-9-5-2-6-10-17)11-13-24(14-12-20)19(26)27-15-16-7-3-1-4-8-16/h1-10H,11-15H2. The quantitative estimate of drug-likeness (QED) is 0.462. The highest BCUT2D eigenvalue weighted by atomic mass is 16.6. The molecule has 7 nitrogen and oxygen atoms in total. The van der Waals surface area contributed by atoms with Gasteiger partial charge in [-0.05, 0) is 34.6 Å². The number of carbonyl (C=O) groups is 2. The van der Waals surface area contributed by atoms with E-state index in [2.05, 4.69) is 10.0 Å². The van der Waals surface area contributed by atoms with E-state index in [1.54, 1.807) is 4.90 Å². The molecule has 1 aliphatic heterocycles. The molecule has 27 heavy (non-hydrogen) atoms. The van der Waals surface area contributed by atoms with Crippen molar-refractivity contribution < 1.29 is 14.3 Å². The summed E-state index contributed by atoms with van der Waals surface area (Å²) in [5.41, 5.74) is 9.52. The van der Waals surface area contributed by atoms with Gasteiger partial charge in [-0.2, -0.15) is 0 Å². The Morgan fingerprint density at radius 2 is 1.63 bits per heavy atom. The van der Waals surface area contributed by atoms with Crippen molar-refractivity contribution >= 4 is 12.0 Å². The average Bonchev–Trinajstić information content (AvgIpc) is 2.73. The van der Waals surface area contributed by atoms with E-state index in [0.29, 0.717) is 25.9 Å². The Morgan fingerprint density at radius 1 is 1.04 bits per heavy atom. The highest BCUT2D eigenvalue weighted by Crippen LogP contribution is 2.37. The molecule has 0 atom stereocenters. The number of azide groups is 1. The number of hydrogen-bond donors (Lipinski definition) is 0. The molecule has 2 amide bonds. The van der Waals surface area contributed by atoms with Crippen LogP contribution in [0, 0.1) is 0 Å². The normalized spacial score (nSPS) is 15.5. The van der Waals surface area contributed by atoms with Crippen LogP contribution in [0.3, 0.4) is 0 Å². The van der Waals surface area contributed by atoms with Gasteiger partial charge in [-0.25, -0.2) is 4.79 Å². The maximum atomic E-state index is 12.6. The number of nitrogens with zero attached hydrogens (tertiary/aromatic N) is 4. The summed E-state index contributed by atoms with van der Waals surface area (Å²) < 4.78 is 5.37. The molecule has 1 heterocycles. The summed E-state index contributed by atoms with van der Waals surface area (Å²) in [6.07, 6.45) is 0.363. The highest BCUT2D eigenvalue weighted by molar-refractivity contribution is 5.89. The van der Waals surface area contributed by atoms with Gasteiger partial charge in [-0.1, -0.05) is 60.7 Å². The van der Waals surface area contributed by atoms with Gasteiger partial charge in [0.2, 0.25) is 5.91 Å². The first kappa shape index (κ1) is 18.5. The Morgan fingerprint density at radius 3 is 2.22 bits per heavy atom. The summed E-state index contributed by atoms with van der Waals surface area (Å²) in [5.74, 6) is -0.506. The van der Waals surface area contributed by atoms with Crippen LogP contribution >= 0.6 is 0 Å². The number of amides is 2. The van der Waals surface area contributed by atoms with Crippen molar-refractivity contribution in [1.29, 1.82) is 0 Å². The molecule has 0 aromatic heterocycles. The van der Waals surface area contributed by atoms with E-state index in [4.69, 9.17) is 10.3 Å². The van der Waals surface area contributed by atoms with E-state index in [1.165, 1.54) is 0 Å². The van der Waals surface area contributed by atoms with Gasteiger partial charge in [0.1, 0.15) is 6.61 Å². The molecule has 0 radical (unpaired) electrons. The first-order valence-electron chi connectivity index (χ1n) is 8.76. The van der Waals surface area contributed by atoms with Crippen LogP contribution in [0.15, 0.2) is 65.8 Å². The van der Waals surface area contributed by atoms with Crippen LogP contribution in [0.1, 0.15) is 24.0 Å². The molecule has 0 unspecified atom stereocenters.